The summed E-state index contributed by atoms with van der Waals surface area (Å²) in [7, 11) is 0. The van der Waals surface area contributed by atoms with Crippen LogP contribution < -0.4 is 5.69 Å². The Morgan fingerprint density at radius 2 is 1.96 bits per heavy atom. The minimum Gasteiger partial charge on any atom is -0.285 e. The van der Waals surface area contributed by atoms with E-state index in [0.717, 1.165) is 46.8 Å². The highest BCUT2D eigenvalue weighted by atomic mass is 16.1. The van der Waals surface area contributed by atoms with E-state index in [9.17, 15) is 4.79 Å². The molecule has 2 fully saturated rings. The molecule has 2 saturated carbocycles. The number of aromatic nitrogens is 4. The summed E-state index contributed by atoms with van der Waals surface area (Å²) in [5, 5.41) is 1.10. The first-order valence-electron chi connectivity index (χ1n) is 10.3. The molecule has 28 heavy (non-hydrogen) atoms. The summed E-state index contributed by atoms with van der Waals surface area (Å²) in [6, 6.07) is 12.5. The third kappa shape index (κ3) is 2.65. The summed E-state index contributed by atoms with van der Waals surface area (Å²) in [5.41, 5.74) is 3.87. The van der Waals surface area contributed by atoms with Crippen LogP contribution in [0.2, 0.25) is 0 Å². The first-order chi connectivity index (χ1) is 13.8. The zero-order chi connectivity index (χ0) is 18.7. The van der Waals surface area contributed by atoms with Crippen molar-refractivity contribution in [3.05, 3.63) is 70.5 Å². The van der Waals surface area contributed by atoms with Crippen LogP contribution >= 0.6 is 0 Å². The molecule has 0 N–H and O–H groups in total. The fourth-order valence-electron chi connectivity index (χ4n) is 4.25. The average molecular weight is 370 g/mol. The second-order valence-electron chi connectivity index (χ2n) is 8.25. The lowest BCUT2D eigenvalue weighted by Crippen LogP contribution is -2.25. The minimum absolute atomic E-state index is 0.201. The number of fused-ring (bicyclic) bond motifs is 2. The van der Waals surface area contributed by atoms with Crippen LogP contribution in [0.15, 0.2) is 53.6 Å². The third-order valence-corrected chi connectivity index (χ3v) is 6.17. The van der Waals surface area contributed by atoms with E-state index in [0.29, 0.717) is 5.92 Å². The zero-order valence-corrected chi connectivity index (χ0v) is 15.7. The van der Waals surface area contributed by atoms with Crippen molar-refractivity contribution in [2.75, 3.05) is 0 Å². The molecule has 2 aliphatic rings. The van der Waals surface area contributed by atoms with Crippen molar-refractivity contribution in [1.29, 1.82) is 0 Å². The Labute approximate surface area is 162 Å². The van der Waals surface area contributed by atoms with Gasteiger partial charge in [-0.25, -0.2) is 14.3 Å². The van der Waals surface area contributed by atoms with Gasteiger partial charge < -0.3 is 0 Å². The van der Waals surface area contributed by atoms with E-state index in [1.54, 1.807) is 10.8 Å². The topological polar surface area (TPSA) is 52.2 Å². The smallest absolute Gasteiger partial charge is 0.285 e. The van der Waals surface area contributed by atoms with Gasteiger partial charge in [0.25, 0.3) is 0 Å². The Hall–Kier alpha value is -2.95. The highest BCUT2D eigenvalue weighted by Crippen LogP contribution is 2.41. The van der Waals surface area contributed by atoms with Crippen molar-refractivity contribution in [2.24, 2.45) is 5.92 Å². The van der Waals surface area contributed by atoms with Crippen LogP contribution in [0.1, 0.15) is 49.3 Å². The Kier molecular flexibility index (Phi) is 3.45. The molecule has 140 valence electrons. The van der Waals surface area contributed by atoms with Crippen LogP contribution in [-0.4, -0.2) is 18.9 Å². The summed E-state index contributed by atoms with van der Waals surface area (Å²) >= 11 is 0. The number of pyridine rings is 1. The molecule has 0 bridgehead atoms. The van der Waals surface area contributed by atoms with Gasteiger partial charge in [-0.05, 0) is 61.3 Å². The quantitative estimate of drug-likeness (QED) is 0.528. The Bertz CT molecular complexity index is 1260. The molecule has 0 atom stereocenters. The van der Waals surface area contributed by atoms with Gasteiger partial charge in [0, 0.05) is 17.8 Å². The molecule has 0 spiro atoms. The maximum atomic E-state index is 13.2. The van der Waals surface area contributed by atoms with Crippen molar-refractivity contribution in [1.82, 2.24) is 18.9 Å². The van der Waals surface area contributed by atoms with Gasteiger partial charge in [0.15, 0.2) is 0 Å². The van der Waals surface area contributed by atoms with Crippen LogP contribution in [0, 0.1) is 5.92 Å². The van der Waals surface area contributed by atoms with Gasteiger partial charge in [-0.1, -0.05) is 31.0 Å². The first kappa shape index (κ1) is 16.0. The molecule has 3 aromatic heterocycles. The van der Waals surface area contributed by atoms with Gasteiger partial charge in [-0.15, -0.1) is 0 Å². The van der Waals surface area contributed by atoms with Gasteiger partial charge in [-0.2, -0.15) is 4.98 Å². The highest BCUT2D eigenvalue weighted by molar-refractivity contribution is 5.83. The highest BCUT2D eigenvalue weighted by Gasteiger charge is 2.25. The molecule has 0 radical (unpaired) electrons. The summed E-state index contributed by atoms with van der Waals surface area (Å²) in [6.45, 7) is 0. The predicted octanol–water partition coefficient (Wildman–Crippen LogP) is 4.25. The van der Waals surface area contributed by atoms with E-state index < -0.39 is 0 Å². The minimum atomic E-state index is -0.201. The molecule has 0 saturated heterocycles. The number of benzene rings is 1. The molecule has 3 heterocycles. The monoisotopic (exact) mass is 370 g/mol. The van der Waals surface area contributed by atoms with E-state index in [1.165, 1.54) is 31.2 Å². The van der Waals surface area contributed by atoms with Crippen LogP contribution in [0.25, 0.3) is 22.4 Å². The fraction of sp³-hybridized carbons (Fsp3) is 0.348. The van der Waals surface area contributed by atoms with E-state index in [2.05, 4.69) is 28.2 Å². The number of nitrogens with zero attached hydrogens (tertiary/aromatic N) is 4. The summed E-state index contributed by atoms with van der Waals surface area (Å²) < 4.78 is 3.71. The lowest BCUT2D eigenvalue weighted by atomic mass is 10.0. The van der Waals surface area contributed by atoms with E-state index in [1.807, 2.05) is 28.8 Å². The van der Waals surface area contributed by atoms with E-state index in [4.69, 9.17) is 0 Å². The van der Waals surface area contributed by atoms with E-state index >= 15 is 0 Å². The fourth-order valence-corrected chi connectivity index (χ4v) is 4.25. The largest absolute Gasteiger partial charge is 0.354 e. The Morgan fingerprint density at radius 1 is 1.07 bits per heavy atom. The lowest BCUT2D eigenvalue weighted by molar-refractivity contribution is 0.710. The SMILES string of the molecule is O=c1nc(CCC2CC2)c2ccc(C3CC3)cc2n1-c1cccc2nccn12. The maximum Gasteiger partial charge on any atom is 0.354 e. The van der Waals surface area contributed by atoms with Crippen molar-refractivity contribution in [3.63, 3.8) is 0 Å². The molecule has 0 amide bonds. The average Bonchev–Trinajstić information content (AvgIpc) is 3.64. The van der Waals surface area contributed by atoms with Gasteiger partial charge >= 0.3 is 5.69 Å². The number of hydrogen-bond donors (Lipinski definition) is 0. The number of aryl methyl sites for hydroxylation is 1. The molecule has 2 aliphatic carbocycles. The standard InChI is InChI=1S/C23H22N4O/c28-23-25-19(11-6-15-4-5-15)18-10-9-17(16-7-8-16)14-20(18)27(23)22-3-1-2-21-24-12-13-26(21)22/h1-3,9-10,12-16H,4-8,11H2. The zero-order valence-electron chi connectivity index (χ0n) is 15.7. The molecule has 6 rings (SSSR count). The van der Waals surface area contributed by atoms with Gasteiger partial charge in [0.1, 0.15) is 11.5 Å². The van der Waals surface area contributed by atoms with Crippen LogP contribution in [0.4, 0.5) is 0 Å². The molecule has 1 aromatic carbocycles. The first-order valence-corrected chi connectivity index (χ1v) is 10.3. The van der Waals surface area contributed by atoms with Gasteiger partial charge in [0.05, 0.1) is 11.2 Å². The normalized spacial score (nSPS) is 16.9. The third-order valence-electron chi connectivity index (χ3n) is 6.17. The summed E-state index contributed by atoms with van der Waals surface area (Å²) in [5.74, 6) is 2.25. The molecular weight excluding hydrogens is 348 g/mol. The Morgan fingerprint density at radius 3 is 2.79 bits per heavy atom. The molecule has 0 unspecified atom stereocenters. The van der Waals surface area contributed by atoms with Crippen molar-refractivity contribution in [3.8, 4) is 5.82 Å². The summed E-state index contributed by atoms with van der Waals surface area (Å²) in [4.78, 5) is 22.1. The molecular formula is C23H22N4O. The molecule has 4 aromatic rings. The number of rotatable bonds is 5. The Balaban J connectivity index is 1.61. The lowest BCUT2D eigenvalue weighted by Gasteiger charge is -2.15. The number of hydrogen-bond acceptors (Lipinski definition) is 3. The van der Waals surface area contributed by atoms with Crippen LogP contribution in [-0.2, 0) is 6.42 Å². The van der Waals surface area contributed by atoms with Crippen molar-refractivity contribution < 1.29 is 0 Å². The van der Waals surface area contributed by atoms with Crippen LogP contribution in [0.5, 0.6) is 0 Å². The molecule has 5 nitrogen and oxygen atoms in total. The number of imidazole rings is 1. The second kappa shape index (κ2) is 6.03. The maximum absolute atomic E-state index is 13.2. The predicted molar refractivity (Wildman–Crippen MR) is 109 cm³/mol. The second-order valence-corrected chi connectivity index (χ2v) is 8.25. The van der Waals surface area contributed by atoms with E-state index in [-0.39, 0.29) is 5.69 Å². The van der Waals surface area contributed by atoms with Crippen LogP contribution in [0.3, 0.4) is 0 Å². The summed E-state index contributed by atoms with van der Waals surface area (Å²) in [6.07, 6.45) is 10.8. The van der Waals surface area contributed by atoms with Crippen molar-refractivity contribution in [2.45, 2.75) is 44.4 Å². The van der Waals surface area contributed by atoms with Gasteiger partial charge in [-0.3, -0.25) is 4.40 Å². The molecule has 0 aliphatic heterocycles. The molecule has 5 heteroatoms. The van der Waals surface area contributed by atoms with Gasteiger partial charge in [0.2, 0.25) is 0 Å². The van der Waals surface area contributed by atoms with Crippen molar-refractivity contribution >= 4 is 16.6 Å².